The molecule has 3 rings (SSSR count). The molecule has 0 spiro atoms. The summed E-state index contributed by atoms with van der Waals surface area (Å²) in [6.07, 6.45) is -2.95. The third kappa shape index (κ3) is 4.62. The van der Waals surface area contributed by atoms with E-state index in [2.05, 4.69) is 10.3 Å². The van der Waals surface area contributed by atoms with Gasteiger partial charge in [-0.2, -0.15) is 13.2 Å². The van der Waals surface area contributed by atoms with Crippen LogP contribution >= 0.6 is 11.3 Å². The molecule has 1 aliphatic rings. The molecular formula is C17H19F3N2O2S. The van der Waals surface area contributed by atoms with E-state index in [1.54, 1.807) is 5.38 Å². The fraction of sp³-hybridized carbons (Fsp3) is 0.529. The predicted octanol–water partition coefficient (Wildman–Crippen LogP) is 4.49. The summed E-state index contributed by atoms with van der Waals surface area (Å²) in [5.74, 6) is -0.185. The van der Waals surface area contributed by atoms with Crippen molar-refractivity contribution in [1.82, 2.24) is 10.3 Å². The molecule has 2 aromatic heterocycles. The Kier molecular flexibility index (Phi) is 5.17. The van der Waals surface area contributed by atoms with Gasteiger partial charge in [-0.25, -0.2) is 4.98 Å². The van der Waals surface area contributed by atoms with E-state index in [9.17, 15) is 18.0 Å². The molecule has 25 heavy (non-hydrogen) atoms. The number of carbonyl (C=O) groups excluding carboxylic acids is 1. The monoisotopic (exact) mass is 372 g/mol. The van der Waals surface area contributed by atoms with Gasteiger partial charge < -0.3 is 9.73 Å². The van der Waals surface area contributed by atoms with Gasteiger partial charge in [-0.3, -0.25) is 4.79 Å². The van der Waals surface area contributed by atoms with Crippen LogP contribution in [0.3, 0.4) is 0 Å². The minimum atomic E-state index is -4.19. The van der Waals surface area contributed by atoms with Crippen LogP contribution in [0.4, 0.5) is 13.2 Å². The van der Waals surface area contributed by atoms with Crippen molar-refractivity contribution in [3.05, 3.63) is 29.0 Å². The minimum Gasteiger partial charge on any atom is -0.459 e. The van der Waals surface area contributed by atoms with Gasteiger partial charge in [0.25, 0.3) is 0 Å². The molecule has 1 fully saturated rings. The SMILES string of the molecule is Cc1ccc(-c2nc(CC(=O)NC3CCCC(C(F)(F)F)C3)cs2)o1. The molecule has 1 amide bonds. The lowest BCUT2D eigenvalue weighted by atomic mass is 9.85. The third-order valence-electron chi connectivity index (χ3n) is 4.35. The van der Waals surface area contributed by atoms with Gasteiger partial charge in [-0.1, -0.05) is 6.42 Å². The summed E-state index contributed by atoms with van der Waals surface area (Å²) in [5.41, 5.74) is 0.592. The van der Waals surface area contributed by atoms with E-state index in [4.69, 9.17) is 4.42 Å². The Morgan fingerprint density at radius 2 is 2.20 bits per heavy atom. The summed E-state index contributed by atoms with van der Waals surface area (Å²) in [6, 6.07) is 3.24. The number of amides is 1. The Morgan fingerprint density at radius 3 is 2.88 bits per heavy atom. The Labute approximate surface area is 147 Å². The van der Waals surface area contributed by atoms with Crippen molar-refractivity contribution in [2.24, 2.45) is 5.92 Å². The Bertz CT molecular complexity index is 738. The zero-order valence-electron chi connectivity index (χ0n) is 13.7. The van der Waals surface area contributed by atoms with E-state index in [0.29, 0.717) is 29.3 Å². The first-order valence-corrected chi connectivity index (χ1v) is 9.06. The second-order valence-corrected chi connectivity index (χ2v) is 7.26. The van der Waals surface area contributed by atoms with Crippen LogP contribution in [0.2, 0.25) is 0 Å². The highest BCUT2D eigenvalue weighted by atomic mass is 32.1. The van der Waals surface area contributed by atoms with Crippen LogP contribution in [-0.4, -0.2) is 23.1 Å². The number of hydrogen-bond acceptors (Lipinski definition) is 4. The Morgan fingerprint density at radius 1 is 1.40 bits per heavy atom. The van der Waals surface area contributed by atoms with Crippen LogP contribution < -0.4 is 5.32 Å². The van der Waals surface area contributed by atoms with Crippen molar-refractivity contribution in [2.45, 2.75) is 51.2 Å². The molecule has 1 aliphatic carbocycles. The lowest BCUT2D eigenvalue weighted by Crippen LogP contribution is -2.42. The maximum absolute atomic E-state index is 12.8. The molecule has 0 saturated heterocycles. The second-order valence-electron chi connectivity index (χ2n) is 6.40. The van der Waals surface area contributed by atoms with Gasteiger partial charge in [0.15, 0.2) is 10.8 Å². The molecule has 2 atom stereocenters. The van der Waals surface area contributed by atoms with Crippen molar-refractivity contribution in [3.8, 4) is 10.8 Å². The molecule has 8 heteroatoms. The number of furan rings is 1. The van der Waals surface area contributed by atoms with Crippen molar-refractivity contribution in [2.75, 3.05) is 0 Å². The number of alkyl halides is 3. The molecule has 1 saturated carbocycles. The Hall–Kier alpha value is -1.83. The maximum Gasteiger partial charge on any atom is 0.391 e. The molecule has 136 valence electrons. The zero-order chi connectivity index (χ0) is 18.0. The van der Waals surface area contributed by atoms with Gasteiger partial charge >= 0.3 is 6.18 Å². The van der Waals surface area contributed by atoms with Crippen LogP contribution in [0.5, 0.6) is 0 Å². The van der Waals surface area contributed by atoms with E-state index in [1.165, 1.54) is 11.3 Å². The first kappa shape index (κ1) is 18.0. The van der Waals surface area contributed by atoms with E-state index < -0.39 is 18.1 Å². The molecule has 4 nitrogen and oxygen atoms in total. The fourth-order valence-electron chi connectivity index (χ4n) is 3.11. The van der Waals surface area contributed by atoms with Crippen molar-refractivity contribution in [3.63, 3.8) is 0 Å². The second kappa shape index (κ2) is 7.19. The number of halogens is 3. The highest BCUT2D eigenvalue weighted by molar-refractivity contribution is 7.13. The number of aromatic nitrogens is 1. The third-order valence-corrected chi connectivity index (χ3v) is 5.25. The molecule has 0 bridgehead atoms. The molecule has 1 N–H and O–H groups in total. The normalized spacial score (nSPS) is 21.3. The van der Waals surface area contributed by atoms with E-state index >= 15 is 0 Å². The summed E-state index contributed by atoms with van der Waals surface area (Å²) < 4.78 is 44.0. The molecule has 0 radical (unpaired) electrons. The number of nitrogens with one attached hydrogen (secondary N) is 1. The quantitative estimate of drug-likeness (QED) is 0.860. The van der Waals surface area contributed by atoms with Gasteiger partial charge in [0, 0.05) is 11.4 Å². The standard InChI is InChI=1S/C17H19F3N2O2S/c1-10-5-6-14(24-10)16-22-13(9-25-16)8-15(23)21-12-4-2-3-11(7-12)17(18,19)20/h5-6,9,11-12H,2-4,7-8H2,1H3,(H,21,23). The van der Waals surface area contributed by atoms with Gasteiger partial charge in [0.05, 0.1) is 18.0 Å². The zero-order valence-corrected chi connectivity index (χ0v) is 14.5. The van der Waals surface area contributed by atoms with Crippen LogP contribution in [0.1, 0.15) is 37.1 Å². The molecule has 2 aromatic rings. The number of thiazole rings is 1. The number of hydrogen-bond donors (Lipinski definition) is 1. The van der Waals surface area contributed by atoms with Gasteiger partial charge in [-0.15, -0.1) is 11.3 Å². The average molecular weight is 372 g/mol. The van der Waals surface area contributed by atoms with E-state index in [1.807, 2.05) is 19.1 Å². The summed E-state index contributed by atoms with van der Waals surface area (Å²) in [5, 5.41) is 5.18. The summed E-state index contributed by atoms with van der Waals surface area (Å²) in [7, 11) is 0. The summed E-state index contributed by atoms with van der Waals surface area (Å²) >= 11 is 1.37. The highest BCUT2D eigenvalue weighted by Gasteiger charge is 2.42. The number of aryl methyl sites for hydroxylation is 1. The first-order chi connectivity index (χ1) is 11.8. The van der Waals surface area contributed by atoms with Gasteiger partial charge in [0.2, 0.25) is 5.91 Å². The Balaban J connectivity index is 1.55. The first-order valence-electron chi connectivity index (χ1n) is 8.18. The van der Waals surface area contributed by atoms with Crippen molar-refractivity contribution >= 4 is 17.2 Å². The fourth-order valence-corrected chi connectivity index (χ4v) is 3.89. The topological polar surface area (TPSA) is 55.1 Å². The number of carbonyl (C=O) groups is 1. The van der Waals surface area contributed by atoms with E-state index in [0.717, 1.165) is 5.76 Å². The molecule has 0 aliphatic heterocycles. The summed E-state index contributed by atoms with van der Waals surface area (Å²) in [6.45, 7) is 1.84. The van der Waals surface area contributed by atoms with Crippen LogP contribution in [0, 0.1) is 12.8 Å². The lowest BCUT2D eigenvalue weighted by Gasteiger charge is -2.31. The molecule has 2 unspecified atom stereocenters. The average Bonchev–Trinajstić information content (AvgIpc) is 3.15. The highest BCUT2D eigenvalue weighted by Crippen LogP contribution is 2.37. The minimum absolute atomic E-state index is 0.0385. The molecule has 0 aromatic carbocycles. The molecule has 2 heterocycles. The molecular weight excluding hydrogens is 353 g/mol. The van der Waals surface area contributed by atoms with E-state index in [-0.39, 0.29) is 25.2 Å². The van der Waals surface area contributed by atoms with Crippen molar-refractivity contribution < 1.29 is 22.4 Å². The van der Waals surface area contributed by atoms with Crippen LogP contribution in [0.15, 0.2) is 21.9 Å². The lowest BCUT2D eigenvalue weighted by molar-refractivity contribution is -0.184. The van der Waals surface area contributed by atoms with Crippen LogP contribution in [-0.2, 0) is 11.2 Å². The number of nitrogens with zero attached hydrogens (tertiary/aromatic N) is 1. The number of rotatable bonds is 4. The predicted molar refractivity (Wildman–Crippen MR) is 88.2 cm³/mol. The smallest absolute Gasteiger partial charge is 0.391 e. The summed E-state index contributed by atoms with van der Waals surface area (Å²) in [4.78, 5) is 16.5. The van der Waals surface area contributed by atoms with Gasteiger partial charge in [-0.05, 0) is 38.3 Å². The van der Waals surface area contributed by atoms with Crippen LogP contribution in [0.25, 0.3) is 10.8 Å². The largest absolute Gasteiger partial charge is 0.459 e. The van der Waals surface area contributed by atoms with Crippen molar-refractivity contribution in [1.29, 1.82) is 0 Å². The maximum atomic E-state index is 12.8. The van der Waals surface area contributed by atoms with Gasteiger partial charge in [0.1, 0.15) is 5.76 Å².